The van der Waals surface area contributed by atoms with E-state index in [0.717, 1.165) is 25.4 Å². The van der Waals surface area contributed by atoms with E-state index in [2.05, 4.69) is 20.9 Å². The Kier molecular flexibility index (Phi) is 10.00. The maximum absolute atomic E-state index is 16.2. The van der Waals surface area contributed by atoms with Crippen LogP contribution in [0.2, 0.25) is 0 Å². The van der Waals surface area contributed by atoms with Crippen molar-refractivity contribution in [2.75, 3.05) is 47.4 Å². The van der Waals surface area contributed by atoms with Gasteiger partial charge in [-0.3, -0.25) is 0 Å². The Bertz CT molecular complexity index is 1480. The first-order valence-electron chi connectivity index (χ1n) is 12.6. The Balaban J connectivity index is 2.12. The molecule has 2 aromatic carbocycles. The van der Waals surface area contributed by atoms with Crippen molar-refractivity contribution in [2.24, 2.45) is 0 Å². The molecule has 0 saturated carbocycles. The Morgan fingerprint density at radius 3 is 2.27 bits per heavy atom. The van der Waals surface area contributed by atoms with E-state index in [4.69, 9.17) is 14.5 Å². The molecule has 0 saturated heterocycles. The number of hydrogen-bond donors (Lipinski definition) is 1. The second kappa shape index (κ2) is 13.1. The van der Waals surface area contributed by atoms with Gasteiger partial charge >= 0.3 is 0 Å². The van der Waals surface area contributed by atoms with Gasteiger partial charge in [-0.05, 0) is 81.1 Å². The minimum absolute atomic E-state index is 0.0947. The predicted octanol–water partition coefficient (Wildman–Crippen LogP) is 6.96. The van der Waals surface area contributed by atoms with E-state index < -0.39 is 17.3 Å². The molecule has 0 aliphatic heterocycles. The first kappa shape index (κ1) is 30.6. The third-order valence-electron chi connectivity index (χ3n) is 6.91. The molecular formula is C30H33BrFN3O3S2. The fraction of sp³-hybridized carbons (Fsp3) is 0.333. The Morgan fingerprint density at radius 1 is 0.975 bits per heavy atom. The van der Waals surface area contributed by atoms with E-state index in [-0.39, 0.29) is 11.3 Å². The largest absolute Gasteiger partial charge is 0.494 e. The minimum Gasteiger partial charge on any atom is -0.494 e. The monoisotopic (exact) mass is 645 g/mol. The Labute approximate surface area is 251 Å². The van der Waals surface area contributed by atoms with Crippen LogP contribution in [0.1, 0.15) is 29.0 Å². The number of halogens is 2. The lowest BCUT2D eigenvalue weighted by atomic mass is 9.71. The fourth-order valence-electron chi connectivity index (χ4n) is 4.90. The average molecular weight is 647 g/mol. The van der Waals surface area contributed by atoms with E-state index >= 15 is 4.39 Å². The lowest BCUT2D eigenvalue weighted by molar-refractivity contribution is 0.00228. The van der Waals surface area contributed by atoms with Gasteiger partial charge in [0.05, 0.1) is 35.7 Å². The molecule has 0 amide bonds. The number of hydrogen-bond acceptors (Lipinski definition) is 8. The molecule has 6 nitrogen and oxygen atoms in total. The summed E-state index contributed by atoms with van der Waals surface area (Å²) in [5, 5.41) is 15.4. The van der Waals surface area contributed by atoms with Crippen molar-refractivity contribution in [3.63, 3.8) is 0 Å². The molecule has 40 heavy (non-hydrogen) atoms. The summed E-state index contributed by atoms with van der Waals surface area (Å²) in [6.45, 7) is 0.541. The summed E-state index contributed by atoms with van der Waals surface area (Å²) < 4.78 is 28.3. The maximum atomic E-state index is 16.2. The van der Waals surface area contributed by atoms with Crippen LogP contribution in [0, 0.1) is 5.82 Å². The summed E-state index contributed by atoms with van der Waals surface area (Å²) in [5.74, 6) is -1.04. The van der Waals surface area contributed by atoms with Crippen LogP contribution in [-0.2, 0) is 5.60 Å². The normalized spacial score (nSPS) is 13.8. The first-order chi connectivity index (χ1) is 19.1. The van der Waals surface area contributed by atoms with Crippen LogP contribution in [-0.4, -0.2) is 67.3 Å². The van der Waals surface area contributed by atoms with Crippen molar-refractivity contribution in [3.05, 3.63) is 81.6 Å². The molecule has 2 unspecified atom stereocenters. The number of aromatic nitrogens is 2. The highest BCUT2D eigenvalue weighted by Crippen LogP contribution is 2.49. The summed E-state index contributed by atoms with van der Waals surface area (Å²) >= 11 is 6.54. The second-order valence-electron chi connectivity index (χ2n) is 9.64. The molecule has 0 fully saturated rings. The van der Waals surface area contributed by atoms with Crippen LogP contribution in [0.3, 0.4) is 0 Å². The van der Waals surface area contributed by atoms with E-state index in [9.17, 15) is 5.11 Å². The third kappa shape index (κ3) is 6.26. The molecule has 2 aromatic heterocycles. The number of aliphatic hydroxyl groups is 1. The number of nitrogens with zero attached hydrogens (tertiary/aromatic N) is 3. The summed E-state index contributed by atoms with van der Waals surface area (Å²) in [6.07, 6.45) is 4.19. The standard InChI is InChI=1S/C30H33BrFN3O3S2/c1-35(2)13-12-30(36,19-16-25(39-5)34-26(17-19)40-6)27(21-8-7-9-24(37-3)28(21)32)22-15-18-14-20(31)10-11-23(18)33-29(22)38-4/h7-11,14-17,27,36H,12-13H2,1-6H3. The molecular weight excluding hydrogens is 613 g/mol. The first-order valence-corrected chi connectivity index (χ1v) is 15.8. The van der Waals surface area contributed by atoms with Crippen molar-refractivity contribution < 1.29 is 19.0 Å². The smallest absolute Gasteiger partial charge is 0.217 e. The number of fused-ring (bicyclic) bond motifs is 1. The number of benzene rings is 2. The number of rotatable bonds is 11. The van der Waals surface area contributed by atoms with Crippen LogP contribution < -0.4 is 9.47 Å². The quantitative estimate of drug-likeness (QED) is 0.176. The highest BCUT2D eigenvalue weighted by Gasteiger charge is 2.44. The van der Waals surface area contributed by atoms with E-state index in [1.54, 1.807) is 25.3 Å². The van der Waals surface area contributed by atoms with Gasteiger partial charge in [-0.2, -0.15) is 0 Å². The molecule has 0 spiro atoms. The molecule has 0 aliphatic rings. The minimum atomic E-state index is -1.58. The van der Waals surface area contributed by atoms with Crippen LogP contribution in [0.4, 0.5) is 4.39 Å². The van der Waals surface area contributed by atoms with Crippen molar-refractivity contribution in [2.45, 2.75) is 28.0 Å². The van der Waals surface area contributed by atoms with Crippen molar-refractivity contribution >= 4 is 50.4 Å². The SMILES string of the molecule is COc1cccc(C(c2cc3cc(Br)ccc3nc2OC)C(O)(CCN(C)C)c2cc(SC)nc(SC)c2)c1F. The molecule has 10 heteroatoms. The predicted molar refractivity (Wildman–Crippen MR) is 166 cm³/mol. The summed E-state index contributed by atoms with van der Waals surface area (Å²) in [4.78, 5) is 11.5. The van der Waals surface area contributed by atoms with Gasteiger partial charge < -0.3 is 19.5 Å². The summed E-state index contributed by atoms with van der Waals surface area (Å²) in [7, 11) is 6.87. The zero-order valence-corrected chi connectivity index (χ0v) is 26.6. The lowest BCUT2D eigenvalue weighted by Crippen LogP contribution is -2.38. The molecule has 2 heterocycles. The zero-order valence-electron chi connectivity index (χ0n) is 23.4. The van der Waals surface area contributed by atoms with Crippen molar-refractivity contribution in [1.82, 2.24) is 14.9 Å². The van der Waals surface area contributed by atoms with Gasteiger partial charge in [0.1, 0.15) is 5.60 Å². The van der Waals surface area contributed by atoms with Gasteiger partial charge in [0.2, 0.25) is 5.88 Å². The van der Waals surface area contributed by atoms with Gasteiger partial charge in [0.25, 0.3) is 0 Å². The maximum Gasteiger partial charge on any atom is 0.217 e. The zero-order chi connectivity index (χ0) is 29.0. The highest BCUT2D eigenvalue weighted by atomic mass is 79.9. The van der Waals surface area contributed by atoms with Crippen LogP contribution >= 0.6 is 39.5 Å². The summed E-state index contributed by atoms with van der Waals surface area (Å²) in [5.41, 5.74) is 0.632. The summed E-state index contributed by atoms with van der Waals surface area (Å²) in [6, 6.07) is 16.5. The van der Waals surface area contributed by atoms with Gasteiger partial charge in [-0.15, -0.1) is 23.5 Å². The number of ether oxygens (including phenoxy) is 2. The Morgan fingerprint density at radius 2 is 1.68 bits per heavy atom. The van der Waals surface area contributed by atoms with E-state index in [1.165, 1.54) is 30.6 Å². The highest BCUT2D eigenvalue weighted by molar-refractivity contribution is 9.10. The van der Waals surface area contributed by atoms with Crippen LogP contribution in [0.15, 0.2) is 69.1 Å². The number of pyridine rings is 2. The average Bonchev–Trinajstić information content (AvgIpc) is 2.96. The molecule has 4 rings (SSSR count). The van der Waals surface area contributed by atoms with Gasteiger partial charge in [0.15, 0.2) is 11.6 Å². The van der Waals surface area contributed by atoms with Gasteiger partial charge in [0, 0.05) is 27.5 Å². The van der Waals surface area contributed by atoms with Crippen LogP contribution in [0.5, 0.6) is 11.6 Å². The lowest BCUT2D eigenvalue weighted by Gasteiger charge is -2.39. The van der Waals surface area contributed by atoms with Crippen LogP contribution in [0.25, 0.3) is 10.9 Å². The number of thioether (sulfide) groups is 2. The fourth-order valence-corrected chi connectivity index (χ4v) is 6.20. The van der Waals surface area contributed by atoms with E-state index in [1.807, 2.05) is 67.9 Å². The Hall–Kier alpha value is -2.37. The van der Waals surface area contributed by atoms with Crippen molar-refractivity contribution in [3.8, 4) is 11.6 Å². The topological polar surface area (TPSA) is 67.7 Å². The molecule has 4 aromatic rings. The molecule has 0 bridgehead atoms. The van der Waals surface area contributed by atoms with Crippen molar-refractivity contribution in [1.29, 1.82) is 0 Å². The molecule has 212 valence electrons. The molecule has 1 N–H and O–H groups in total. The second-order valence-corrected chi connectivity index (χ2v) is 12.2. The number of methoxy groups -OCH3 is 2. The van der Waals surface area contributed by atoms with E-state index in [0.29, 0.717) is 30.0 Å². The molecule has 2 atom stereocenters. The third-order valence-corrected chi connectivity index (χ3v) is 8.66. The van der Waals surface area contributed by atoms with Gasteiger partial charge in [-0.1, -0.05) is 28.1 Å². The molecule has 0 radical (unpaired) electrons. The molecule has 0 aliphatic carbocycles. The van der Waals surface area contributed by atoms with Gasteiger partial charge in [-0.25, -0.2) is 14.4 Å².